The van der Waals surface area contributed by atoms with E-state index in [2.05, 4.69) is 10.1 Å². The number of benzene rings is 1. The first-order valence-corrected chi connectivity index (χ1v) is 6.63. The molecule has 0 fully saturated rings. The number of methoxy groups -OCH3 is 1. The van der Waals surface area contributed by atoms with E-state index in [0.29, 0.717) is 6.54 Å². The third-order valence-corrected chi connectivity index (χ3v) is 2.99. The Bertz CT molecular complexity index is 517. The van der Waals surface area contributed by atoms with Crippen molar-refractivity contribution in [1.82, 2.24) is 4.90 Å². The normalized spacial score (nSPS) is 11.6. The van der Waals surface area contributed by atoms with Crippen LogP contribution >= 0.6 is 0 Å². The van der Waals surface area contributed by atoms with Gasteiger partial charge in [0, 0.05) is 13.1 Å². The van der Waals surface area contributed by atoms with Crippen molar-refractivity contribution in [3.05, 3.63) is 29.3 Å². The smallest absolute Gasteiger partial charge is 0.340 e. The number of ether oxygens (including phenoxy) is 1. The molecule has 0 spiro atoms. The Hall–Kier alpha value is -1.69. The van der Waals surface area contributed by atoms with E-state index in [1.54, 1.807) is 0 Å². The topological polar surface area (TPSA) is 41.6 Å². The van der Waals surface area contributed by atoms with Crippen LogP contribution in [0.1, 0.15) is 24.2 Å². The number of rotatable bonds is 6. The molecule has 0 saturated carbocycles. The van der Waals surface area contributed by atoms with Crippen LogP contribution in [0.3, 0.4) is 0 Å². The molecule has 1 N–H and O–H groups in total. The molecule has 6 heteroatoms. The summed E-state index contributed by atoms with van der Waals surface area (Å²) in [6.07, 6.45) is 0. The van der Waals surface area contributed by atoms with E-state index in [9.17, 15) is 13.6 Å². The van der Waals surface area contributed by atoms with Crippen molar-refractivity contribution in [2.75, 3.05) is 39.6 Å². The zero-order valence-electron chi connectivity index (χ0n) is 13.1. The van der Waals surface area contributed by atoms with Crippen molar-refractivity contribution >= 4 is 11.7 Å². The summed E-state index contributed by atoms with van der Waals surface area (Å²) >= 11 is 0. The molecule has 0 heterocycles. The summed E-state index contributed by atoms with van der Waals surface area (Å²) in [6.45, 7) is 5.32. The number of carbonyl (C=O) groups is 1. The Kier molecular flexibility index (Phi) is 5.66. The van der Waals surface area contributed by atoms with Crippen LogP contribution in [0.4, 0.5) is 14.5 Å². The fourth-order valence-electron chi connectivity index (χ4n) is 2.20. The summed E-state index contributed by atoms with van der Waals surface area (Å²) in [6, 6.07) is 2.56. The molecular weight excluding hydrogens is 278 g/mol. The van der Waals surface area contributed by atoms with Gasteiger partial charge in [-0.05, 0) is 31.6 Å². The first kappa shape index (κ1) is 17.4. The molecule has 1 aromatic rings. The van der Waals surface area contributed by atoms with E-state index in [1.165, 1.54) is 12.1 Å². The molecule has 118 valence electrons. The minimum Gasteiger partial charge on any atom is -0.465 e. The largest absolute Gasteiger partial charge is 0.465 e. The molecule has 0 unspecified atom stereocenters. The van der Waals surface area contributed by atoms with Crippen LogP contribution in [-0.2, 0) is 4.74 Å². The molecule has 0 aliphatic heterocycles. The van der Waals surface area contributed by atoms with Gasteiger partial charge >= 0.3 is 5.97 Å². The number of anilines is 1. The predicted octanol–water partition coefficient (Wildman–Crippen LogP) is 2.75. The standard InChI is InChI=1S/C15H22F2N2O2/c1-15(2,9-19(3)4)8-18-11-7-6-10(14(20)21-5)12(16)13(11)17/h6-7,18H,8-9H2,1-5H3. The fourth-order valence-corrected chi connectivity index (χ4v) is 2.20. The quantitative estimate of drug-likeness (QED) is 0.820. The lowest BCUT2D eigenvalue weighted by atomic mass is 9.93. The van der Waals surface area contributed by atoms with Crippen molar-refractivity contribution < 1.29 is 18.3 Å². The van der Waals surface area contributed by atoms with Crippen LogP contribution in [0.2, 0.25) is 0 Å². The molecule has 0 aromatic heterocycles. The zero-order valence-corrected chi connectivity index (χ0v) is 13.1. The molecular formula is C15H22F2N2O2. The molecule has 4 nitrogen and oxygen atoms in total. The number of carbonyl (C=O) groups excluding carboxylic acids is 1. The van der Waals surface area contributed by atoms with E-state index >= 15 is 0 Å². The maximum absolute atomic E-state index is 13.9. The fraction of sp³-hybridized carbons (Fsp3) is 0.533. The molecule has 0 atom stereocenters. The molecule has 0 bridgehead atoms. The van der Waals surface area contributed by atoms with Gasteiger partial charge in [-0.25, -0.2) is 13.6 Å². The average molecular weight is 300 g/mol. The van der Waals surface area contributed by atoms with E-state index in [4.69, 9.17) is 0 Å². The molecule has 1 aromatic carbocycles. The Morgan fingerprint density at radius 2 is 1.90 bits per heavy atom. The summed E-state index contributed by atoms with van der Waals surface area (Å²) in [4.78, 5) is 13.3. The zero-order chi connectivity index (χ0) is 16.2. The lowest BCUT2D eigenvalue weighted by molar-refractivity contribution is 0.0594. The average Bonchev–Trinajstić information content (AvgIpc) is 2.38. The van der Waals surface area contributed by atoms with E-state index in [-0.39, 0.29) is 11.1 Å². The second-order valence-corrected chi connectivity index (χ2v) is 6.04. The van der Waals surface area contributed by atoms with Gasteiger partial charge in [-0.2, -0.15) is 0 Å². The van der Waals surface area contributed by atoms with Gasteiger partial charge in [-0.15, -0.1) is 0 Å². The molecule has 0 saturated heterocycles. The minimum atomic E-state index is -1.20. The minimum absolute atomic E-state index is 0.0342. The van der Waals surface area contributed by atoms with Crippen LogP contribution in [0.5, 0.6) is 0 Å². The molecule has 0 aliphatic carbocycles. The van der Waals surface area contributed by atoms with Gasteiger partial charge in [0.05, 0.1) is 18.4 Å². The van der Waals surface area contributed by atoms with Gasteiger partial charge in [0.15, 0.2) is 11.6 Å². The van der Waals surface area contributed by atoms with E-state index in [0.717, 1.165) is 13.7 Å². The van der Waals surface area contributed by atoms with Gasteiger partial charge < -0.3 is 15.0 Å². The highest BCUT2D eigenvalue weighted by molar-refractivity contribution is 5.90. The predicted molar refractivity (Wildman–Crippen MR) is 78.5 cm³/mol. The van der Waals surface area contributed by atoms with Gasteiger partial charge in [0.1, 0.15) is 0 Å². The van der Waals surface area contributed by atoms with E-state index < -0.39 is 23.2 Å². The Balaban J connectivity index is 2.87. The number of nitrogens with one attached hydrogen (secondary N) is 1. The molecule has 1 rings (SSSR count). The second kappa shape index (κ2) is 6.85. The maximum Gasteiger partial charge on any atom is 0.340 e. The van der Waals surface area contributed by atoms with Crippen molar-refractivity contribution in [2.24, 2.45) is 5.41 Å². The Morgan fingerprint density at radius 3 is 2.43 bits per heavy atom. The van der Waals surface area contributed by atoms with Crippen LogP contribution in [0.25, 0.3) is 0 Å². The van der Waals surface area contributed by atoms with Crippen molar-refractivity contribution in [2.45, 2.75) is 13.8 Å². The second-order valence-electron chi connectivity index (χ2n) is 6.04. The van der Waals surface area contributed by atoms with Crippen LogP contribution in [0.15, 0.2) is 12.1 Å². The number of hydrogen-bond acceptors (Lipinski definition) is 4. The molecule has 0 amide bonds. The van der Waals surface area contributed by atoms with Gasteiger partial charge in [-0.3, -0.25) is 0 Å². The lowest BCUT2D eigenvalue weighted by Gasteiger charge is -2.29. The van der Waals surface area contributed by atoms with Gasteiger partial charge in [0.2, 0.25) is 0 Å². The van der Waals surface area contributed by atoms with E-state index in [1.807, 2.05) is 32.8 Å². The van der Waals surface area contributed by atoms with Crippen molar-refractivity contribution in [1.29, 1.82) is 0 Å². The summed E-state index contributed by atoms with van der Waals surface area (Å²) < 4.78 is 32.1. The molecule has 21 heavy (non-hydrogen) atoms. The number of halogens is 2. The van der Waals surface area contributed by atoms with Crippen LogP contribution < -0.4 is 5.32 Å². The Morgan fingerprint density at radius 1 is 1.29 bits per heavy atom. The highest BCUT2D eigenvalue weighted by Crippen LogP contribution is 2.23. The lowest BCUT2D eigenvalue weighted by Crippen LogP contribution is -2.34. The monoisotopic (exact) mass is 300 g/mol. The number of hydrogen-bond donors (Lipinski definition) is 1. The molecule has 0 radical (unpaired) electrons. The first-order valence-electron chi connectivity index (χ1n) is 6.63. The number of esters is 1. The molecule has 0 aliphatic rings. The van der Waals surface area contributed by atoms with Crippen LogP contribution in [-0.4, -0.2) is 45.2 Å². The third kappa shape index (κ3) is 4.67. The Labute approximate surface area is 124 Å². The van der Waals surface area contributed by atoms with Gasteiger partial charge in [-0.1, -0.05) is 13.8 Å². The summed E-state index contributed by atoms with van der Waals surface area (Å²) in [7, 11) is 5.02. The SMILES string of the molecule is COC(=O)c1ccc(NCC(C)(C)CN(C)C)c(F)c1F. The maximum atomic E-state index is 13.9. The third-order valence-electron chi connectivity index (χ3n) is 2.99. The van der Waals surface area contributed by atoms with Gasteiger partial charge in [0.25, 0.3) is 0 Å². The first-order chi connectivity index (χ1) is 9.68. The highest BCUT2D eigenvalue weighted by atomic mass is 19.2. The van der Waals surface area contributed by atoms with Crippen molar-refractivity contribution in [3.8, 4) is 0 Å². The highest BCUT2D eigenvalue weighted by Gasteiger charge is 2.22. The summed E-state index contributed by atoms with van der Waals surface area (Å²) in [5.74, 6) is -3.17. The number of nitrogens with zero attached hydrogens (tertiary/aromatic N) is 1. The summed E-state index contributed by atoms with van der Waals surface area (Å²) in [5, 5.41) is 2.89. The summed E-state index contributed by atoms with van der Waals surface area (Å²) in [5.41, 5.74) is -0.493. The van der Waals surface area contributed by atoms with Crippen molar-refractivity contribution in [3.63, 3.8) is 0 Å². The van der Waals surface area contributed by atoms with Crippen LogP contribution in [0, 0.1) is 17.0 Å².